The average Bonchev–Trinajstić information content (AvgIpc) is 2.37. The van der Waals surface area contributed by atoms with E-state index in [4.69, 9.17) is 0 Å². The van der Waals surface area contributed by atoms with Crippen molar-refractivity contribution in [3.8, 4) is 0 Å². The van der Waals surface area contributed by atoms with Crippen LogP contribution in [0.25, 0.3) is 0 Å². The number of nitrogens with one attached hydrogen (secondary N) is 1. The van der Waals surface area contributed by atoms with E-state index >= 15 is 0 Å². The molecular formula is C15H24FNO. The zero-order chi connectivity index (χ0) is 13.4. The Morgan fingerprint density at radius 1 is 1.33 bits per heavy atom. The molecule has 0 heterocycles. The molecule has 0 saturated carbocycles. The SMILES string of the molecule is CCCC[C@@H](CO)N[C@H](C)Cc1ccccc1F. The molecule has 18 heavy (non-hydrogen) atoms. The van der Waals surface area contributed by atoms with Crippen LogP contribution in [0.15, 0.2) is 24.3 Å². The maximum Gasteiger partial charge on any atom is 0.126 e. The number of halogens is 1. The van der Waals surface area contributed by atoms with Crippen LogP contribution >= 0.6 is 0 Å². The molecule has 0 fully saturated rings. The van der Waals surface area contributed by atoms with E-state index in [9.17, 15) is 9.50 Å². The summed E-state index contributed by atoms with van der Waals surface area (Å²) in [4.78, 5) is 0. The number of aliphatic hydroxyl groups is 1. The van der Waals surface area contributed by atoms with Crippen molar-refractivity contribution in [2.24, 2.45) is 0 Å². The second-order valence-electron chi connectivity index (χ2n) is 4.88. The standard InChI is InChI=1S/C15H24FNO/c1-3-4-8-14(11-18)17-12(2)10-13-7-5-6-9-15(13)16/h5-7,9,12,14,17-18H,3-4,8,10-11H2,1-2H3/t12-,14+/m1/s1. The van der Waals surface area contributed by atoms with Crippen molar-refractivity contribution in [2.75, 3.05) is 6.61 Å². The lowest BCUT2D eigenvalue weighted by molar-refractivity contribution is 0.223. The summed E-state index contributed by atoms with van der Waals surface area (Å²) in [5, 5.41) is 12.6. The summed E-state index contributed by atoms with van der Waals surface area (Å²) < 4.78 is 13.5. The Labute approximate surface area is 109 Å². The third-order valence-electron chi connectivity index (χ3n) is 3.13. The smallest absolute Gasteiger partial charge is 0.126 e. The lowest BCUT2D eigenvalue weighted by atomic mass is 10.0. The van der Waals surface area contributed by atoms with Crippen LogP contribution in [0, 0.1) is 5.82 Å². The highest BCUT2D eigenvalue weighted by atomic mass is 19.1. The lowest BCUT2D eigenvalue weighted by Gasteiger charge is -2.21. The maximum absolute atomic E-state index is 13.5. The predicted molar refractivity (Wildman–Crippen MR) is 73.1 cm³/mol. The minimum atomic E-state index is -0.153. The highest BCUT2D eigenvalue weighted by Gasteiger charge is 2.12. The third kappa shape index (κ3) is 5.15. The Morgan fingerprint density at radius 2 is 2.06 bits per heavy atom. The van der Waals surface area contributed by atoms with Gasteiger partial charge in [0.05, 0.1) is 6.61 Å². The fourth-order valence-corrected chi connectivity index (χ4v) is 2.13. The van der Waals surface area contributed by atoms with E-state index in [2.05, 4.69) is 12.2 Å². The molecule has 0 amide bonds. The normalized spacial score (nSPS) is 14.4. The van der Waals surface area contributed by atoms with Crippen molar-refractivity contribution >= 4 is 0 Å². The monoisotopic (exact) mass is 253 g/mol. The molecule has 0 aliphatic rings. The number of rotatable bonds is 8. The van der Waals surface area contributed by atoms with E-state index in [1.54, 1.807) is 6.07 Å². The summed E-state index contributed by atoms with van der Waals surface area (Å²) in [6.45, 7) is 4.31. The third-order valence-corrected chi connectivity index (χ3v) is 3.13. The molecule has 1 rings (SSSR count). The second kappa shape index (κ2) is 8.22. The van der Waals surface area contributed by atoms with Gasteiger partial charge in [-0.2, -0.15) is 0 Å². The Bertz CT molecular complexity index is 343. The van der Waals surface area contributed by atoms with Gasteiger partial charge >= 0.3 is 0 Å². The second-order valence-corrected chi connectivity index (χ2v) is 4.88. The van der Waals surface area contributed by atoms with Gasteiger partial charge in [-0.3, -0.25) is 0 Å². The van der Waals surface area contributed by atoms with Crippen molar-refractivity contribution in [1.29, 1.82) is 0 Å². The molecule has 0 aliphatic carbocycles. The number of aliphatic hydroxyl groups excluding tert-OH is 1. The lowest BCUT2D eigenvalue weighted by Crippen LogP contribution is -2.40. The van der Waals surface area contributed by atoms with Crippen LogP contribution in [-0.4, -0.2) is 23.8 Å². The minimum absolute atomic E-state index is 0.117. The quantitative estimate of drug-likeness (QED) is 0.746. The molecule has 2 atom stereocenters. The molecule has 0 spiro atoms. The molecule has 3 heteroatoms. The average molecular weight is 253 g/mol. The first-order valence-electron chi connectivity index (χ1n) is 6.77. The molecule has 0 unspecified atom stereocenters. The van der Waals surface area contributed by atoms with E-state index < -0.39 is 0 Å². The van der Waals surface area contributed by atoms with Gasteiger partial charge in [-0.15, -0.1) is 0 Å². The maximum atomic E-state index is 13.5. The van der Waals surface area contributed by atoms with Gasteiger partial charge in [-0.1, -0.05) is 38.0 Å². The van der Waals surface area contributed by atoms with E-state index in [1.165, 1.54) is 6.07 Å². The molecule has 0 saturated heterocycles. The zero-order valence-electron chi connectivity index (χ0n) is 11.3. The Morgan fingerprint density at radius 3 is 2.67 bits per heavy atom. The molecule has 2 N–H and O–H groups in total. The number of hydrogen-bond donors (Lipinski definition) is 2. The van der Waals surface area contributed by atoms with Crippen LogP contribution in [-0.2, 0) is 6.42 Å². The molecule has 0 radical (unpaired) electrons. The van der Waals surface area contributed by atoms with Crippen molar-refractivity contribution in [3.05, 3.63) is 35.6 Å². The number of benzene rings is 1. The van der Waals surface area contributed by atoms with Crippen molar-refractivity contribution in [1.82, 2.24) is 5.32 Å². The van der Waals surface area contributed by atoms with Crippen molar-refractivity contribution < 1.29 is 9.50 Å². The zero-order valence-corrected chi connectivity index (χ0v) is 11.3. The van der Waals surface area contributed by atoms with E-state index in [-0.39, 0.29) is 24.5 Å². The Hall–Kier alpha value is -0.930. The Balaban J connectivity index is 2.45. The van der Waals surface area contributed by atoms with E-state index in [1.807, 2.05) is 19.1 Å². The molecule has 2 nitrogen and oxygen atoms in total. The van der Waals surface area contributed by atoms with Crippen LogP contribution < -0.4 is 5.32 Å². The summed E-state index contributed by atoms with van der Waals surface area (Å²) in [5.41, 5.74) is 0.727. The summed E-state index contributed by atoms with van der Waals surface area (Å²) in [6.07, 6.45) is 3.84. The van der Waals surface area contributed by atoms with Crippen LogP contribution in [0.5, 0.6) is 0 Å². The summed E-state index contributed by atoms with van der Waals surface area (Å²) in [7, 11) is 0. The van der Waals surface area contributed by atoms with Gasteiger partial charge in [0, 0.05) is 12.1 Å². The first-order chi connectivity index (χ1) is 8.67. The molecular weight excluding hydrogens is 229 g/mol. The molecule has 102 valence electrons. The molecule has 1 aromatic carbocycles. The highest BCUT2D eigenvalue weighted by molar-refractivity contribution is 5.18. The van der Waals surface area contributed by atoms with E-state index in [0.29, 0.717) is 6.42 Å². The van der Waals surface area contributed by atoms with Gasteiger partial charge in [-0.25, -0.2) is 4.39 Å². The first-order valence-corrected chi connectivity index (χ1v) is 6.77. The number of unbranched alkanes of at least 4 members (excludes halogenated alkanes) is 1. The van der Waals surface area contributed by atoms with Crippen LogP contribution in [0.4, 0.5) is 4.39 Å². The van der Waals surface area contributed by atoms with Gasteiger partial charge in [0.1, 0.15) is 5.82 Å². The molecule has 0 aromatic heterocycles. The number of hydrogen-bond acceptors (Lipinski definition) is 2. The fourth-order valence-electron chi connectivity index (χ4n) is 2.13. The van der Waals surface area contributed by atoms with Crippen LogP contribution in [0.2, 0.25) is 0 Å². The summed E-state index contributed by atoms with van der Waals surface area (Å²) in [6, 6.07) is 7.14. The van der Waals surface area contributed by atoms with Gasteiger partial charge in [0.2, 0.25) is 0 Å². The Kier molecular flexibility index (Phi) is 6.91. The van der Waals surface area contributed by atoms with Crippen molar-refractivity contribution in [3.63, 3.8) is 0 Å². The topological polar surface area (TPSA) is 32.3 Å². The first kappa shape index (κ1) is 15.1. The predicted octanol–water partition coefficient (Wildman–Crippen LogP) is 2.90. The highest BCUT2D eigenvalue weighted by Crippen LogP contribution is 2.10. The molecule has 0 bridgehead atoms. The van der Waals surface area contributed by atoms with Gasteiger partial charge in [0.15, 0.2) is 0 Å². The van der Waals surface area contributed by atoms with Crippen LogP contribution in [0.3, 0.4) is 0 Å². The van der Waals surface area contributed by atoms with Gasteiger partial charge in [0.25, 0.3) is 0 Å². The van der Waals surface area contributed by atoms with Gasteiger partial charge in [-0.05, 0) is 31.4 Å². The van der Waals surface area contributed by atoms with Crippen molar-refractivity contribution in [2.45, 2.75) is 51.6 Å². The van der Waals surface area contributed by atoms with Crippen LogP contribution in [0.1, 0.15) is 38.7 Å². The minimum Gasteiger partial charge on any atom is -0.395 e. The molecule has 1 aromatic rings. The largest absolute Gasteiger partial charge is 0.395 e. The molecule has 0 aliphatic heterocycles. The summed E-state index contributed by atoms with van der Waals surface area (Å²) in [5.74, 6) is -0.153. The fraction of sp³-hybridized carbons (Fsp3) is 0.600. The van der Waals surface area contributed by atoms with Gasteiger partial charge < -0.3 is 10.4 Å². The van der Waals surface area contributed by atoms with E-state index in [0.717, 1.165) is 24.8 Å². The summed E-state index contributed by atoms with van der Waals surface area (Å²) >= 11 is 0.